The Balaban J connectivity index is 1.99. The van der Waals surface area contributed by atoms with Gasteiger partial charge in [0.25, 0.3) is 0 Å². The minimum absolute atomic E-state index is 0.168. The van der Waals surface area contributed by atoms with Crippen LogP contribution in [0.5, 0.6) is 0 Å². The highest BCUT2D eigenvalue weighted by Crippen LogP contribution is 2.55. The molecule has 0 aromatic heterocycles. The quantitative estimate of drug-likeness (QED) is 0.731. The molecule has 0 fully saturated rings. The van der Waals surface area contributed by atoms with Crippen LogP contribution >= 0.6 is 0 Å². The summed E-state index contributed by atoms with van der Waals surface area (Å²) < 4.78 is 0. The number of carbonyl (C=O) groups excluding carboxylic acids is 1. The van der Waals surface area contributed by atoms with Crippen molar-refractivity contribution < 1.29 is 4.79 Å². The Morgan fingerprint density at radius 1 is 1.40 bits per heavy atom. The van der Waals surface area contributed by atoms with Crippen molar-refractivity contribution in [2.45, 2.75) is 25.3 Å². The van der Waals surface area contributed by atoms with Crippen LogP contribution in [-0.4, -0.2) is 23.8 Å². The molecule has 4 rings (SSSR count). The largest absolute Gasteiger partial charge is 0.380 e. The zero-order chi connectivity index (χ0) is 13.7. The van der Waals surface area contributed by atoms with Crippen LogP contribution in [0, 0.1) is 5.41 Å². The maximum atomic E-state index is 12.5. The minimum Gasteiger partial charge on any atom is -0.380 e. The third kappa shape index (κ3) is 1.28. The number of ketones is 1. The second-order valence-electron chi connectivity index (χ2n) is 5.81. The van der Waals surface area contributed by atoms with Crippen molar-refractivity contribution in [3.63, 3.8) is 0 Å². The van der Waals surface area contributed by atoms with E-state index in [1.54, 1.807) is 0 Å². The van der Waals surface area contributed by atoms with Gasteiger partial charge in [0.2, 0.25) is 0 Å². The monoisotopic (exact) mass is 266 g/mol. The van der Waals surface area contributed by atoms with Crippen LogP contribution in [0.2, 0.25) is 0 Å². The highest BCUT2D eigenvalue weighted by Gasteiger charge is 2.54. The first-order valence-electron chi connectivity index (χ1n) is 7.23. The lowest BCUT2D eigenvalue weighted by Gasteiger charge is -2.40. The van der Waals surface area contributed by atoms with Crippen molar-refractivity contribution in [2.24, 2.45) is 5.41 Å². The average molecular weight is 266 g/mol. The molecule has 0 radical (unpaired) electrons. The molecule has 3 nitrogen and oxygen atoms in total. The van der Waals surface area contributed by atoms with Crippen molar-refractivity contribution >= 4 is 5.78 Å². The number of nitrogens with one attached hydrogen (secondary N) is 1. The highest BCUT2D eigenvalue weighted by atomic mass is 16.1. The van der Waals surface area contributed by atoms with Gasteiger partial charge in [-0.3, -0.25) is 4.79 Å². The number of likely N-dealkylation sites (N-methyl/N-ethyl adjacent to an activating group) is 1. The first-order chi connectivity index (χ1) is 9.75. The summed E-state index contributed by atoms with van der Waals surface area (Å²) in [6, 6.07) is -0.168. The fraction of sp³-hybridized carbons (Fsp3) is 0.353. The Labute approximate surface area is 119 Å². The predicted molar refractivity (Wildman–Crippen MR) is 78.5 cm³/mol. The van der Waals surface area contributed by atoms with Crippen LogP contribution < -0.4 is 5.32 Å². The Morgan fingerprint density at radius 2 is 2.30 bits per heavy atom. The molecule has 20 heavy (non-hydrogen) atoms. The topological polar surface area (TPSA) is 32.3 Å². The van der Waals surface area contributed by atoms with Gasteiger partial charge in [0.05, 0.1) is 5.41 Å². The zero-order valence-electron chi connectivity index (χ0n) is 11.6. The van der Waals surface area contributed by atoms with Crippen LogP contribution in [0.4, 0.5) is 0 Å². The van der Waals surface area contributed by atoms with E-state index in [1.165, 1.54) is 17.0 Å². The van der Waals surface area contributed by atoms with E-state index in [4.69, 9.17) is 0 Å². The number of carbonyl (C=O) groups is 1. The van der Waals surface area contributed by atoms with Crippen molar-refractivity contribution in [1.82, 2.24) is 10.2 Å². The smallest absolute Gasteiger partial charge is 0.160 e. The van der Waals surface area contributed by atoms with E-state index in [9.17, 15) is 4.79 Å². The summed E-state index contributed by atoms with van der Waals surface area (Å²) in [6.45, 7) is 0. The number of rotatable bonds is 0. The number of Topliss-reactive ketones (excluding diaryl/α,β-unsaturated/α-hetero) is 1. The molecule has 0 aromatic carbocycles. The minimum atomic E-state index is -0.284. The van der Waals surface area contributed by atoms with Crippen LogP contribution in [0.3, 0.4) is 0 Å². The normalized spacial score (nSPS) is 34.2. The fourth-order valence-corrected chi connectivity index (χ4v) is 4.06. The SMILES string of the molecule is CN1C2=CCC(=O)C3NC=CC=CC23C2=C1C=CCC2. The van der Waals surface area contributed by atoms with Crippen molar-refractivity contribution in [2.75, 3.05) is 7.05 Å². The van der Waals surface area contributed by atoms with Gasteiger partial charge >= 0.3 is 0 Å². The van der Waals surface area contributed by atoms with Crippen LogP contribution in [0.15, 0.2) is 59.6 Å². The molecule has 0 amide bonds. The predicted octanol–water partition coefficient (Wildman–Crippen LogP) is 2.42. The molecular weight excluding hydrogens is 248 g/mol. The Morgan fingerprint density at radius 3 is 3.20 bits per heavy atom. The molecule has 3 heteroatoms. The molecule has 4 aliphatic rings. The molecule has 1 spiro atoms. The third-order valence-electron chi connectivity index (χ3n) is 4.90. The molecule has 0 saturated carbocycles. The number of hydrogen-bond acceptors (Lipinski definition) is 3. The van der Waals surface area contributed by atoms with Gasteiger partial charge in [-0.25, -0.2) is 0 Å². The summed E-state index contributed by atoms with van der Waals surface area (Å²) in [7, 11) is 2.12. The standard InChI is InChI=1S/C17H18N2O/c1-19-13-7-3-2-6-12(13)17-10-4-5-11-18-16(17)14(20)8-9-15(17)19/h3-5,7,9-11,16,18H,2,6,8H2,1H3. The van der Waals surface area contributed by atoms with E-state index >= 15 is 0 Å². The first kappa shape index (κ1) is 11.8. The van der Waals surface area contributed by atoms with Gasteiger partial charge in [0.15, 0.2) is 5.78 Å². The van der Waals surface area contributed by atoms with Crippen LogP contribution in [0.25, 0.3) is 0 Å². The number of allylic oxidation sites excluding steroid dienone is 5. The summed E-state index contributed by atoms with van der Waals surface area (Å²) >= 11 is 0. The molecule has 102 valence electrons. The molecule has 0 bridgehead atoms. The summed E-state index contributed by atoms with van der Waals surface area (Å²) in [4.78, 5) is 14.7. The molecule has 2 unspecified atom stereocenters. The lowest BCUT2D eigenvalue weighted by molar-refractivity contribution is -0.122. The van der Waals surface area contributed by atoms with Crippen LogP contribution in [0.1, 0.15) is 19.3 Å². The maximum absolute atomic E-state index is 12.5. The lowest BCUT2D eigenvalue weighted by Crippen LogP contribution is -2.51. The van der Waals surface area contributed by atoms with Gasteiger partial charge in [-0.15, -0.1) is 0 Å². The van der Waals surface area contributed by atoms with E-state index in [2.05, 4.69) is 47.6 Å². The Kier molecular flexibility index (Phi) is 2.34. The number of nitrogens with zero attached hydrogens (tertiary/aromatic N) is 1. The van der Waals surface area contributed by atoms with Gasteiger partial charge in [0, 0.05) is 24.9 Å². The van der Waals surface area contributed by atoms with Gasteiger partial charge in [0.1, 0.15) is 6.04 Å². The highest BCUT2D eigenvalue weighted by molar-refractivity contribution is 5.90. The van der Waals surface area contributed by atoms with E-state index < -0.39 is 0 Å². The second-order valence-corrected chi connectivity index (χ2v) is 5.81. The fourth-order valence-electron chi connectivity index (χ4n) is 4.06. The third-order valence-corrected chi connectivity index (χ3v) is 4.90. The van der Waals surface area contributed by atoms with Gasteiger partial charge in [-0.1, -0.05) is 24.3 Å². The molecule has 2 heterocycles. The number of hydrogen-bond donors (Lipinski definition) is 1. The molecular formula is C17H18N2O. The Bertz CT molecular complexity index is 635. The average Bonchev–Trinajstić information content (AvgIpc) is 2.63. The second kappa shape index (κ2) is 3.98. The Hall–Kier alpha value is -2.03. The summed E-state index contributed by atoms with van der Waals surface area (Å²) in [6.07, 6.45) is 17.3. The molecule has 2 atom stereocenters. The zero-order valence-corrected chi connectivity index (χ0v) is 11.6. The van der Waals surface area contributed by atoms with Gasteiger partial charge in [-0.05, 0) is 36.8 Å². The molecule has 2 aliphatic heterocycles. The van der Waals surface area contributed by atoms with Crippen molar-refractivity contribution in [1.29, 1.82) is 0 Å². The molecule has 0 aromatic rings. The summed E-state index contributed by atoms with van der Waals surface area (Å²) in [5.74, 6) is 0.279. The van der Waals surface area contributed by atoms with Gasteiger partial charge < -0.3 is 10.2 Å². The van der Waals surface area contributed by atoms with Crippen LogP contribution in [-0.2, 0) is 4.79 Å². The first-order valence-corrected chi connectivity index (χ1v) is 7.23. The van der Waals surface area contributed by atoms with Gasteiger partial charge in [-0.2, -0.15) is 0 Å². The van der Waals surface area contributed by atoms with E-state index in [-0.39, 0.29) is 17.2 Å². The van der Waals surface area contributed by atoms with E-state index in [1.807, 2.05) is 12.3 Å². The van der Waals surface area contributed by atoms with E-state index in [0.29, 0.717) is 6.42 Å². The summed E-state index contributed by atoms with van der Waals surface area (Å²) in [5, 5.41) is 3.33. The molecule has 0 saturated heterocycles. The summed E-state index contributed by atoms with van der Waals surface area (Å²) in [5.41, 5.74) is 3.63. The molecule has 2 aliphatic carbocycles. The van der Waals surface area contributed by atoms with E-state index in [0.717, 1.165) is 12.8 Å². The van der Waals surface area contributed by atoms with Crippen molar-refractivity contribution in [3.8, 4) is 0 Å². The van der Waals surface area contributed by atoms with Crippen molar-refractivity contribution in [3.05, 3.63) is 59.6 Å². The lowest BCUT2D eigenvalue weighted by atomic mass is 9.66. The maximum Gasteiger partial charge on any atom is 0.160 e. The molecule has 1 N–H and O–H groups in total.